The minimum absolute atomic E-state index is 0.100. The van der Waals surface area contributed by atoms with Gasteiger partial charge in [0.15, 0.2) is 11.6 Å². The van der Waals surface area contributed by atoms with Crippen LogP contribution in [0.1, 0.15) is 48.9 Å². The third-order valence-corrected chi connectivity index (χ3v) is 7.81. The van der Waals surface area contributed by atoms with Crippen LogP contribution in [0.2, 0.25) is 0 Å². The van der Waals surface area contributed by atoms with Crippen molar-refractivity contribution in [1.29, 1.82) is 0 Å². The van der Waals surface area contributed by atoms with E-state index in [2.05, 4.69) is 0 Å². The van der Waals surface area contributed by atoms with Gasteiger partial charge in [0.25, 0.3) is 0 Å². The summed E-state index contributed by atoms with van der Waals surface area (Å²) in [5.74, 6) is -0.473. The highest BCUT2D eigenvalue weighted by Gasteiger charge is 2.38. The minimum Gasteiger partial charge on any atom is -0.294 e. The maximum Gasteiger partial charge on any atom is 0.207 e. The molecule has 0 spiro atoms. The van der Waals surface area contributed by atoms with Crippen LogP contribution in [0.25, 0.3) is 9.81 Å². The summed E-state index contributed by atoms with van der Waals surface area (Å²) >= 11 is 0. The lowest BCUT2D eigenvalue weighted by Gasteiger charge is -2.30. The Morgan fingerprint density at radius 1 is 0.688 bits per heavy atom. The molecule has 2 aromatic carbocycles. The number of aryl methyl sites for hydroxylation is 2. The predicted molar refractivity (Wildman–Crippen MR) is 127 cm³/mol. The lowest BCUT2D eigenvalue weighted by molar-refractivity contribution is -0.127. The van der Waals surface area contributed by atoms with Gasteiger partial charge in [-0.3, -0.25) is 9.59 Å². The molecule has 1 saturated carbocycles. The van der Waals surface area contributed by atoms with E-state index < -0.39 is 15.3 Å². The Kier molecular flexibility index (Phi) is 5.41. The first kappa shape index (κ1) is 22.2. The monoisotopic (exact) mass is 446 g/mol. The number of allylic oxidation sites excluding steroid dienone is 4. The summed E-state index contributed by atoms with van der Waals surface area (Å²) in [7, 11) is -3.86. The van der Waals surface area contributed by atoms with Crippen LogP contribution in [0.4, 0.5) is 0 Å². The Morgan fingerprint density at radius 3 is 1.44 bits per heavy atom. The zero-order chi connectivity index (χ0) is 23.3. The van der Waals surface area contributed by atoms with Crippen molar-refractivity contribution < 1.29 is 18.0 Å². The van der Waals surface area contributed by atoms with Gasteiger partial charge in [-0.15, -0.1) is 0 Å². The van der Waals surface area contributed by atoms with Crippen molar-refractivity contribution in [2.45, 2.75) is 40.5 Å². The van der Waals surface area contributed by atoms with Crippen molar-refractivity contribution in [3.63, 3.8) is 0 Å². The minimum atomic E-state index is -3.86. The molecule has 0 aromatic heterocycles. The second kappa shape index (κ2) is 7.82. The summed E-state index contributed by atoms with van der Waals surface area (Å²) in [5.41, 5.74) is 3.16. The van der Waals surface area contributed by atoms with Gasteiger partial charge in [-0.25, -0.2) is 8.42 Å². The Labute approximate surface area is 189 Å². The fraction of sp³-hybridized carbons (Fsp3) is 0.259. The number of rotatable bonds is 2. The predicted octanol–water partition coefficient (Wildman–Crippen LogP) is 5.37. The van der Waals surface area contributed by atoms with Crippen LogP contribution >= 0.6 is 0 Å². The Balaban J connectivity index is 1.98. The third-order valence-electron chi connectivity index (χ3n) is 5.95. The molecule has 4 rings (SSSR count). The van der Waals surface area contributed by atoms with Gasteiger partial charge in [0.1, 0.15) is 0 Å². The van der Waals surface area contributed by atoms with Crippen molar-refractivity contribution in [3.8, 4) is 0 Å². The van der Waals surface area contributed by atoms with E-state index in [0.717, 1.165) is 11.1 Å². The Bertz CT molecular complexity index is 1220. The summed E-state index contributed by atoms with van der Waals surface area (Å²) < 4.78 is 27.3. The van der Waals surface area contributed by atoms with E-state index in [4.69, 9.17) is 0 Å². The molecular formula is C27H26O4S. The molecule has 0 unspecified atom stereocenters. The van der Waals surface area contributed by atoms with E-state index in [1.165, 1.54) is 12.2 Å². The number of hydrogen-bond acceptors (Lipinski definition) is 4. The molecule has 1 aliphatic heterocycles. The first-order chi connectivity index (χ1) is 15.0. The SMILES string of the molecule is Cc1ccc(C2=CC(=C3C(=O)CC(C)(C)CC3=O)C=C(c3ccc(C)cc3)S2(=O)=O)cc1. The number of benzene rings is 2. The molecule has 0 bridgehead atoms. The van der Waals surface area contributed by atoms with E-state index in [1.807, 2.05) is 52.0 Å². The number of carbonyl (C=O) groups is 2. The van der Waals surface area contributed by atoms with Gasteiger partial charge in [-0.1, -0.05) is 73.5 Å². The highest BCUT2D eigenvalue weighted by atomic mass is 32.2. The van der Waals surface area contributed by atoms with Gasteiger partial charge in [0.05, 0.1) is 15.4 Å². The zero-order valence-corrected chi connectivity index (χ0v) is 19.5. The first-order valence-corrected chi connectivity index (χ1v) is 12.1. The molecule has 2 aromatic rings. The number of Topliss-reactive ketones (excluding diaryl/α,β-unsaturated/α-hetero) is 2. The molecule has 0 atom stereocenters. The van der Waals surface area contributed by atoms with Crippen LogP contribution in [-0.2, 0) is 19.4 Å². The average Bonchev–Trinajstić information content (AvgIpc) is 2.69. The Morgan fingerprint density at radius 2 is 1.06 bits per heavy atom. The van der Waals surface area contributed by atoms with Crippen LogP contribution in [0.3, 0.4) is 0 Å². The molecule has 0 amide bonds. The normalized spacial score (nSPS) is 20.1. The van der Waals surface area contributed by atoms with Crippen molar-refractivity contribution in [1.82, 2.24) is 0 Å². The summed E-state index contributed by atoms with van der Waals surface area (Å²) in [6.45, 7) is 7.66. The largest absolute Gasteiger partial charge is 0.294 e. The zero-order valence-electron chi connectivity index (χ0n) is 18.7. The van der Waals surface area contributed by atoms with E-state index >= 15 is 0 Å². The van der Waals surface area contributed by atoms with E-state index in [9.17, 15) is 18.0 Å². The van der Waals surface area contributed by atoms with Crippen LogP contribution < -0.4 is 0 Å². The highest BCUT2D eigenvalue weighted by Crippen LogP contribution is 2.42. The smallest absolute Gasteiger partial charge is 0.207 e. The van der Waals surface area contributed by atoms with Crippen LogP contribution in [0.5, 0.6) is 0 Å². The maximum atomic E-state index is 13.6. The van der Waals surface area contributed by atoms with Gasteiger partial charge in [-0.2, -0.15) is 0 Å². The van der Waals surface area contributed by atoms with Gasteiger partial charge < -0.3 is 0 Å². The molecule has 0 radical (unpaired) electrons. The van der Waals surface area contributed by atoms with Crippen LogP contribution in [0.15, 0.2) is 71.8 Å². The molecule has 32 heavy (non-hydrogen) atoms. The summed E-state index contributed by atoms with van der Waals surface area (Å²) in [5, 5.41) is 0. The molecule has 1 fully saturated rings. The van der Waals surface area contributed by atoms with Gasteiger partial charge in [-0.05, 0) is 48.1 Å². The maximum absolute atomic E-state index is 13.6. The Hall–Kier alpha value is -3.05. The third kappa shape index (κ3) is 4.05. The van der Waals surface area contributed by atoms with Crippen molar-refractivity contribution >= 4 is 31.2 Å². The molecule has 0 saturated heterocycles. The van der Waals surface area contributed by atoms with Gasteiger partial charge in [0.2, 0.25) is 9.84 Å². The van der Waals surface area contributed by atoms with E-state index in [-0.39, 0.29) is 39.8 Å². The molecule has 1 aliphatic carbocycles. The molecular weight excluding hydrogens is 420 g/mol. The topological polar surface area (TPSA) is 68.3 Å². The summed E-state index contributed by atoms with van der Waals surface area (Å²) in [6.07, 6.45) is 3.49. The number of sulfone groups is 1. The van der Waals surface area contributed by atoms with Gasteiger partial charge in [0, 0.05) is 12.8 Å². The quantitative estimate of drug-likeness (QED) is 0.459. The van der Waals surface area contributed by atoms with Crippen LogP contribution in [-0.4, -0.2) is 20.0 Å². The number of ketones is 2. The fourth-order valence-electron chi connectivity index (χ4n) is 4.24. The van der Waals surface area contributed by atoms with E-state index in [1.54, 1.807) is 24.3 Å². The van der Waals surface area contributed by atoms with Gasteiger partial charge >= 0.3 is 0 Å². The summed E-state index contributed by atoms with van der Waals surface area (Å²) in [6, 6.07) is 14.4. The van der Waals surface area contributed by atoms with Crippen molar-refractivity contribution in [2.24, 2.45) is 5.41 Å². The lowest BCUT2D eigenvalue weighted by atomic mass is 9.73. The molecule has 164 valence electrons. The number of carbonyl (C=O) groups excluding carboxylic acids is 2. The molecule has 0 N–H and O–H groups in total. The second-order valence-corrected chi connectivity index (χ2v) is 11.3. The molecule has 5 heteroatoms. The van der Waals surface area contributed by atoms with Crippen molar-refractivity contribution in [3.05, 3.63) is 94.1 Å². The van der Waals surface area contributed by atoms with Crippen molar-refractivity contribution in [2.75, 3.05) is 0 Å². The second-order valence-electron chi connectivity index (χ2n) is 9.45. The highest BCUT2D eigenvalue weighted by molar-refractivity contribution is 8.09. The average molecular weight is 447 g/mol. The lowest BCUT2D eigenvalue weighted by Crippen LogP contribution is -2.32. The molecule has 1 heterocycles. The fourth-order valence-corrected chi connectivity index (χ4v) is 5.93. The molecule has 4 nitrogen and oxygen atoms in total. The number of hydrogen-bond donors (Lipinski definition) is 0. The molecule has 2 aliphatic rings. The standard InChI is InChI=1S/C27H26O4S/c1-17-5-9-19(10-6-17)24-13-21(26-22(28)15-27(3,4)16-23(26)29)14-25(32(24,30)31)20-11-7-18(2)8-12-20/h5-14H,15-16H2,1-4H3. The summed E-state index contributed by atoms with van der Waals surface area (Å²) in [4.78, 5) is 26.1. The van der Waals surface area contributed by atoms with E-state index in [0.29, 0.717) is 16.7 Å². The van der Waals surface area contributed by atoms with Crippen LogP contribution in [0, 0.1) is 19.3 Å². The first-order valence-electron chi connectivity index (χ1n) is 10.6.